The van der Waals surface area contributed by atoms with Gasteiger partial charge in [0.05, 0.1) is 17.3 Å². The van der Waals surface area contributed by atoms with Gasteiger partial charge in [-0.3, -0.25) is 9.48 Å². The fraction of sp³-hybridized carbons (Fsp3) is 0.200. The molecule has 0 aromatic carbocycles. The van der Waals surface area contributed by atoms with Gasteiger partial charge in [0.2, 0.25) is 0 Å². The van der Waals surface area contributed by atoms with Crippen LogP contribution in [0.2, 0.25) is 10.2 Å². The largest absolute Gasteiger partial charge is 0.345 e. The summed E-state index contributed by atoms with van der Waals surface area (Å²) >= 11 is 11.5. The van der Waals surface area contributed by atoms with E-state index in [4.69, 9.17) is 23.2 Å². The summed E-state index contributed by atoms with van der Waals surface area (Å²) in [4.78, 5) is 14.4. The summed E-state index contributed by atoms with van der Waals surface area (Å²) in [5.41, 5.74) is 1.24. The van der Waals surface area contributed by atoms with Crippen molar-refractivity contribution in [2.45, 2.75) is 6.54 Å². The summed E-state index contributed by atoms with van der Waals surface area (Å²) in [5, 5.41) is 7.33. The molecule has 0 aliphatic heterocycles. The molecule has 7 heteroatoms. The zero-order valence-corrected chi connectivity index (χ0v) is 10.5. The molecule has 2 N–H and O–H groups in total. The normalized spacial score (nSPS) is 10.5. The molecule has 0 bridgehead atoms. The van der Waals surface area contributed by atoms with Gasteiger partial charge in [-0.05, 0) is 12.1 Å². The Labute approximate surface area is 108 Å². The molecule has 1 amide bonds. The van der Waals surface area contributed by atoms with E-state index in [9.17, 15) is 4.79 Å². The van der Waals surface area contributed by atoms with Crippen LogP contribution < -0.4 is 5.32 Å². The minimum Gasteiger partial charge on any atom is -0.345 e. The molecule has 2 heterocycles. The van der Waals surface area contributed by atoms with Crippen LogP contribution in [-0.4, -0.2) is 20.7 Å². The van der Waals surface area contributed by atoms with Crippen LogP contribution in [0, 0.1) is 0 Å². The standard InChI is InChI=1S/C10H10Cl2N4O/c1-16-6(2-3-14-16)5-13-10(17)8-4-7(11)9(12)15-8/h2-4,15H,5H2,1H3,(H,13,17). The Kier molecular flexibility index (Phi) is 3.40. The molecular weight excluding hydrogens is 263 g/mol. The lowest BCUT2D eigenvalue weighted by atomic mass is 10.3. The minimum atomic E-state index is -0.264. The van der Waals surface area contributed by atoms with Crippen LogP contribution in [-0.2, 0) is 13.6 Å². The van der Waals surface area contributed by atoms with E-state index < -0.39 is 0 Å². The number of aromatic nitrogens is 3. The topological polar surface area (TPSA) is 62.7 Å². The van der Waals surface area contributed by atoms with Crippen molar-refractivity contribution < 1.29 is 4.79 Å². The zero-order chi connectivity index (χ0) is 12.4. The molecule has 0 atom stereocenters. The lowest BCUT2D eigenvalue weighted by Crippen LogP contribution is -2.24. The van der Waals surface area contributed by atoms with Gasteiger partial charge < -0.3 is 10.3 Å². The third kappa shape index (κ3) is 2.62. The molecule has 0 fully saturated rings. The summed E-state index contributed by atoms with van der Waals surface area (Å²) in [7, 11) is 1.81. The molecule has 0 spiro atoms. The van der Waals surface area contributed by atoms with Crippen molar-refractivity contribution in [3.8, 4) is 0 Å². The molecule has 90 valence electrons. The maximum absolute atomic E-state index is 11.7. The number of aryl methyl sites for hydroxylation is 1. The van der Waals surface area contributed by atoms with Crippen molar-refractivity contribution in [1.82, 2.24) is 20.1 Å². The van der Waals surface area contributed by atoms with Crippen LogP contribution in [0.25, 0.3) is 0 Å². The van der Waals surface area contributed by atoms with Crippen molar-refractivity contribution in [2.75, 3.05) is 0 Å². The highest BCUT2D eigenvalue weighted by molar-refractivity contribution is 6.41. The maximum atomic E-state index is 11.7. The molecular formula is C10H10Cl2N4O. The van der Waals surface area contributed by atoms with Crippen molar-refractivity contribution in [3.05, 3.63) is 39.9 Å². The van der Waals surface area contributed by atoms with Gasteiger partial charge in [-0.25, -0.2) is 0 Å². The molecule has 2 aromatic rings. The van der Waals surface area contributed by atoms with Gasteiger partial charge >= 0.3 is 0 Å². The molecule has 0 saturated heterocycles. The number of aromatic amines is 1. The van der Waals surface area contributed by atoms with Gasteiger partial charge in [-0.1, -0.05) is 23.2 Å². The number of hydrogen-bond acceptors (Lipinski definition) is 2. The fourth-order valence-corrected chi connectivity index (χ4v) is 1.68. The molecule has 17 heavy (non-hydrogen) atoms. The van der Waals surface area contributed by atoms with Crippen LogP contribution >= 0.6 is 23.2 Å². The first-order valence-corrected chi connectivity index (χ1v) is 5.62. The number of carbonyl (C=O) groups excluding carboxylic acids is 1. The lowest BCUT2D eigenvalue weighted by Gasteiger charge is -2.03. The third-order valence-electron chi connectivity index (χ3n) is 2.32. The highest BCUT2D eigenvalue weighted by Crippen LogP contribution is 2.21. The Morgan fingerprint density at radius 3 is 2.88 bits per heavy atom. The number of hydrogen-bond donors (Lipinski definition) is 2. The molecule has 2 rings (SSSR count). The predicted octanol–water partition coefficient (Wildman–Crippen LogP) is 1.99. The first-order chi connectivity index (χ1) is 8.08. The summed E-state index contributed by atoms with van der Waals surface area (Å²) in [6.45, 7) is 0.392. The SMILES string of the molecule is Cn1nccc1CNC(=O)c1cc(Cl)c(Cl)[nH]1. The highest BCUT2D eigenvalue weighted by atomic mass is 35.5. The summed E-state index contributed by atoms with van der Waals surface area (Å²) < 4.78 is 1.69. The quantitative estimate of drug-likeness (QED) is 0.898. The molecule has 0 unspecified atom stereocenters. The first kappa shape index (κ1) is 12.0. The Morgan fingerprint density at radius 1 is 1.59 bits per heavy atom. The smallest absolute Gasteiger partial charge is 0.268 e. The van der Waals surface area contributed by atoms with Crippen LogP contribution in [0.4, 0.5) is 0 Å². The molecule has 0 aliphatic rings. The van der Waals surface area contributed by atoms with Crippen molar-refractivity contribution in [2.24, 2.45) is 7.05 Å². The van der Waals surface area contributed by atoms with E-state index in [0.29, 0.717) is 17.3 Å². The second kappa shape index (κ2) is 4.81. The van der Waals surface area contributed by atoms with Crippen LogP contribution in [0.3, 0.4) is 0 Å². The molecule has 0 saturated carbocycles. The zero-order valence-electron chi connectivity index (χ0n) is 9.00. The van der Waals surface area contributed by atoms with E-state index in [0.717, 1.165) is 5.69 Å². The van der Waals surface area contributed by atoms with Crippen molar-refractivity contribution in [1.29, 1.82) is 0 Å². The second-order valence-electron chi connectivity index (χ2n) is 3.47. The highest BCUT2D eigenvalue weighted by Gasteiger charge is 2.11. The number of nitrogens with one attached hydrogen (secondary N) is 2. The van der Waals surface area contributed by atoms with Crippen LogP contribution in [0.5, 0.6) is 0 Å². The molecule has 0 aliphatic carbocycles. The van der Waals surface area contributed by atoms with E-state index >= 15 is 0 Å². The monoisotopic (exact) mass is 272 g/mol. The van der Waals surface area contributed by atoms with E-state index in [2.05, 4.69) is 15.4 Å². The number of rotatable bonds is 3. The van der Waals surface area contributed by atoms with E-state index in [-0.39, 0.29) is 11.1 Å². The number of H-pyrrole nitrogens is 1. The fourth-order valence-electron chi connectivity index (χ4n) is 1.37. The number of nitrogens with zero attached hydrogens (tertiary/aromatic N) is 2. The summed E-state index contributed by atoms with van der Waals surface area (Å²) in [6.07, 6.45) is 1.67. The third-order valence-corrected chi connectivity index (χ3v) is 3.02. The van der Waals surface area contributed by atoms with E-state index in [1.54, 1.807) is 10.9 Å². The van der Waals surface area contributed by atoms with Crippen molar-refractivity contribution in [3.63, 3.8) is 0 Å². The Hall–Kier alpha value is -1.46. The summed E-state index contributed by atoms with van der Waals surface area (Å²) in [6, 6.07) is 3.32. The maximum Gasteiger partial charge on any atom is 0.268 e. The summed E-state index contributed by atoms with van der Waals surface area (Å²) in [5.74, 6) is -0.264. The minimum absolute atomic E-state index is 0.261. The van der Waals surface area contributed by atoms with E-state index in [1.807, 2.05) is 13.1 Å². The first-order valence-electron chi connectivity index (χ1n) is 4.87. The average Bonchev–Trinajstić information content (AvgIpc) is 2.83. The van der Waals surface area contributed by atoms with Crippen LogP contribution in [0.15, 0.2) is 18.3 Å². The number of halogens is 2. The van der Waals surface area contributed by atoms with Crippen LogP contribution in [0.1, 0.15) is 16.2 Å². The van der Waals surface area contributed by atoms with Gasteiger partial charge in [0.15, 0.2) is 0 Å². The van der Waals surface area contributed by atoms with Gasteiger partial charge in [0.1, 0.15) is 10.8 Å². The van der Waals surface area contributed by atoms with E-state index in [1.165, 1.54) is 6.07 Å². The molecule has 5 nitrogen and oxygen atoms in total. The van der Waals surface area contributed by atoms with Crippen molar-refractivity contribution >= 4 is 29.1 Å². The second-order valence-corrected chi connectivity index (χ2v) is 4.26. The number of carbonyl (C=O) groups is 1. The van der Waals surface area contributed by atoms with Gasteiger partial charge in [0, 0.05) is 13.2 Å². The Morgan fingerprint density at radius 2 is 2.35 bits per heavy atom. The number of amides is 1. The van der Waals surface area contributed by atoms with Gasteiger partial charge in [-0.15, -0.1) is 0 Å². The molecule has 0 radical (unpaired) electrons. The van der Waals surface area contributed by atoms with Gasteiger partial charge in [0.25, 0.3) is 5.91 Å². The molecule has 2 aromatic heterocycles. The Balaban J connectivity index is 2.00. The predicted molar refractivity (Wildman–Crippen MR) is 65.2 cm³/mol. The average molecular weight is 273 g/mol. The van der Waals surface area contributed by atoms with Gasteiger partial charge in [-0.2, -0.15) is 5.10 Å². The lowest BCUT2D eigenvalue weighted by molar-refractivity contribution is 0.0945. The Bertz CT molecular complexity index is 527.